The van der Waals surface area contributed by atoms with Gasteiger partial charge in [0.1, 0.15) is 0 Å². The Morgan fingerprint density at radius 3 is 3.07 bits per heavy atom. The average Bonchev–Trinajstić information content (AvgIpc) is 2.68. The number of thiophene rings is 1. The van der Waals surface area contributed by atoms with E-state index >= 15 is 0 Å². The van der Waals surface area contributed by atoms with Gasteiger partial charge in [-0.3, -0.25) is 0 Å². The third kappa shape index (κ3) is 6.69. The second-order valence-electron chi connectivity index (χ2n) is 2.75. The highest BCUT2D eigenvalue weighted by Crippen LogP contribution is 2.06. The molecule has 0 aromatic carbocycles. The zero-order valence-electron chi connectivity index (χ0n) is 8.60. The highest BCUT2D eigenvalue weighted by molar-refractivity contribution is 14.0. The van der Waals surface area contributed by atoms with Gasteiger partial charge in [0.2, 0.25) is 0 Å². The molecule has 0 saturated carbocycles. The molecular weight excluding hydrogens is 325 g/mol. The molecule has 0 aliphatic carbocycles. The fourth-order valence-electron chi connectivity index (χ4n) is 0.896. The molecule has 86 valence electrons. The van der Waals surface area contributed by atoms with Crippen LogP contribution in [0.5, 0.6) is 0 Å². The lowest BCUT2D eigenvalue weighted by Crippen LogP contribution is -2.34. The van der Waals surface area contributed by atoms with E-state index in [1.165, 1.54) is 5.56 Å². The van der Waals surface area contributed by atoms with Crippen LogP contribution in [-0.2, 0) is 11.3 Å². The number of hydrogen-bond acceptors (Lipinski definition) is 3. The van der Waals surface area contributed by atoms with Crippen LogP contribution in [0.4, 0.5) is 0 Å². The van der Waals surface area contributed by atoms with Crippen molar-refractivity contribution in [1.29, 1.82) is 0 Å². The van der Waals surface area contributed by atoms with Crippen LogP contribution >= 0.6 is 35.3 Å². The summed E-state index contributed by atoms with van der Waals surface area (Å²) in [7, 11) is 1.65. The Morgan fingerprint density at radius 2 is 2.47 bits per heavy atom. The number of ether oxygens (including phenoxy) is 1. The number of aliphatic imine (C=N–C) groups is 1. The van der Waals surface area contributed by atoms with Gasteiger partial charge in [-0.15, -0.1) is 24.0 Å². The van der Waals surface area contributed by atoms with Crippen molar-refractivity contribution in [2.75, 3.05) is 20.3 Å². The normalized spacial score (nSPS) is 10.9. The summed E-state index contributed by atoms with van der Waals surface area (Å²) < 4.78 is 4.87. The number of halogens is 1. The van der Waals surface area contributed by atoms with E-state index in [2.05, 4.69) is 15.7 Å². The summed E-state index contributed by atoms with van der Waals surface area (Å²) in [6.07, 6.45) is 0. The van der Waals surface area contributed by atoms with Gasteiger partial charge in [0.15, 0.2) is 5.96 Å². The Kier molecular flexibility index (Phi) is 8.73. The molecule has 1 rings (SSSR count). The fourth-order valence-corrected chi connectivity index (χ4v) is 1.56. The Bertz CT molecular complexity index is 277. The number of methoxy groups -OCH3 is 1. The molecule has 6 heteroatoms. The number of nitrogens with two attached hydrogens (primary N) is 1. The van der Waals surface area contributed by atoms with Gasteiger partial charge >= 0.3 is 0 Å². The van der Waals surface area contributed by atoms with E-state index in [1.54, 1.807) is 18.4 Å². The molecule has 0 saturated heterocycles. The van der Waals surface area contributed by atoms with E-state index in [1.807, 2.05) is 11.4 Å². The van der Waals surface area contributed by atoms with Gasteiger partial charge in [-0.05, 0) is 22.4 Å². The summed E-state index contributed by atoms with van der Waals surface area (Å²) in [4.78, 5) is 4.17. The summed E-state index contributed by atoms with van der Waals surface area (Å²) in [5, 5.41) is 7.04. The molecule has 0 atom stereocenters. The number of nitrogens with one attached hydrogen (secondary N) is 1. The average molecular weight is 341 g/mol. The van der Waals surface area contributed by atoms with Crippen LogP contribution in [0.15, 0.2) is 21.8 Å². The molecule has 0 bridgehead atoms. The van der Waals surface area contributed by atoms with Gasteiger partial charge in [-0.25, -0.2) is 4.99 Å². The lowest BCUT2D eigenvalue weighted by Gasteiger charge is -2.03. The van der Waals surface area contributed by atoms with Crippen molar-refractivity contribution >= 4 is 41.3 Å². The standard InChI is InChI=1S/C9H15N3OS.HI/c1-13-4-3-11-9(10)12-6-8-2-5-14-7-8;/h2,5,7H,3-4,6H2,1H3,(H3,10,11,12);1H. The minimum atomic E-state index is 0. The highest BCUT2D eigenvalue weighted by atomic mass is 127. The van der Waals surface area contributed by atoms with Gasteiger partial charge in [-0.2, -0.15) is 11.3 Å². The molecule has 15 heavy (non-hydrogen) atoms. The third-order valence-electron chi connectivity index (χ3n) is 1.62. The van der Waals surface area contributed by atoms with Gasteiger partial charge in [-0.1, -0.05) is 0 Å². The summed E-state index contributed by atoms with van der Waals surface area (Å²) in [6, 6.07) is 2.04. The number of rotatable bonds is 5. The lowest BCUT2D eigenvalue weighted by atomic mass is 10.3. The van der Waals surface area contributed by atoms with Crippen molar-refractivity contribution in [1.82, 2.24) is 5.32 Å². The number of guanidine groups is 1. The van der Waals surface area contributed by atoms with E-state index in [4.69, 9.17) is 10.5 Å². The van der Waals surface area contributed by atoms with E-state index < -0.39 is 0 Å². The van der Waals surface area contributed by atoms with Gasteiger partial charge in [0.25, 0.3) is 0 Å². The van der Waals surface area contributed by atoms with Crippen molar-refractivity contribution in [3.63, 3.8) is 0 Å². The van der Waals surface area contributed by atoms with Gasteiger partial charge < -0.3 is 15.8 Å². The largest absolute Gasteiger partial charge is 0.383 e. The lowest BCUT2D eigenvalue weighted by molar-refractivity contribution is 0.204. The highest BCUT2D eigenvalue weighted by Gasteiger charge is 1.92. The molecule has 4 nitrogen and oxygen atoms in total. The molecular formula is C9H16IN3OS. The second-order valence-corrected chi connectivity index (χ2v) is 3.53. The minimum Gasteiger partial charge on any atom is -0.383 e. The fraction of sp³-hybridized carbons (Fsp3) is 0.444. The maximum atomic E-state index is 5.62. The molecule has 0 radical (unpaired) electrons. The third-order valence-corrected chi connectivity index (χ3v) is 2.36. The predicted molar refractivity (Wildman–Crippen MR) is 74.9 cm³/mol. The molecule has 0 fully saturated rings. The Morgan fingerprint density at radius 1 is 1.67 bits per heavy atom. The van der Waals surface area contributed by atoms with Crippen LogP contribution < -0.4 is 11.1 Å². The smallest absolute Gasteiger partial charge is 0.188 e. The van der Waals surface area contributed by atoms with Crippen LogP contribution in [0.25, 0.3) is 0 Å². The molecule has 0 amide bonds. The Hall–Kier alpha value is -0.340. The minimum absolute atomic E-state index is 0. The number of hydrogen-bond donors (Lipinski definition) is 2. The zero-order valence-corrected chi connectivity index (χ0v) is 11.7. The molecule has 0 unspecified atom stereocenters. The van der Waals surface area contributed by atoms with Crippen LogP contribution in [0.2, 0.25) is 0 Å². The maximum Gasteiger partial charge on any atom is 0.188 e. The monoisotopic (exact) mass is 341 g/mol. The first-order valence-electron chi connectivity index (χ1n) is 4.36. The van der Waals surface area contributed by atoms with E-state index in [0.29, 0.717) is 25.7 Å². The molecule has 3 N–H and O–H groups in total. The van der Waals surface area contributed by atoms with Crippen LogP contribution in [0.3, 0.4) is 0 Å². The maximum absolute atomic E-state index is 5.62. The van der Waals surface area contributed by atoms with E-state index in [0.717, 1.165) is 0 Å². The summed E-state index contributed by atoms with van der Waals surface area (Å²) >= 11 is 1.66. The van der Waals surface area contributed by atoms with Crippen molar-refractivity contribution in [3.8, 4) is 0 Å². The Labute approximate surface area is 111 Å². The van der Waals surface area contributed by atoms with Crippen LogP contribution in [0.1, 0.15) is 5.56 Å². The first kappa shape index (κ1) is 14.7. The molecule has 1 aromatic rings. The van der Waals surface area contributed by atoms with Crippen LogP contribution in [0, 0.1) is 0 Å². The van der Waals surface area contributed by atoms with Crippen molar-refractivity contribution in [3.05, 3.63) is 22.4 Å². The quantitative estimate of drug-likeness (QED) is 0.369. The first-order chi connectivity index (χ1) is 6.83. The Balaban J connectivity index is 0.00000196. The SMILES string of the molecule is COCCNC(N)=NCc1ccsc1.I. The van der Waals surface area contributed by atoms with Crippen LogP contribution in [-0.4, -0.2) is 26.2 Å². The molecule has 1 aromatic heterocycles. The topological polar surface area (TPSA) is 59.6 Å². The van der Waals surface area contributed by atoms with Gasteiger partial charge in [0, 0.05) is 13.7 Å². The second kappa shape index (κ2) is 8.93. The zero-order chi connectivity index (χ0) is 10.2. The van der Waals surface area contributed by atoms with E-state index in [9.17, 15) is 0 Å². The predicted octanol–water partition coefficient (Wildman–Crippen LogP) is 1.42. The summed E-state index contributed by atoms with van der Waals surface area (Å²) in [5.74, 6) is 0.466. The molecule has 0 aliphatic heterocycles. The number of nitrogens with zero attached hydrogens (tertiary/aromatic N) is 1. The van der Waals surface area contributed by atoms with Crippen molar-refractivity contribution in [2.24, 2.45) is 10.7 Å². The molecule has 0 aliphatic rings. The summed E-state index contributed by atoms with van der Waals surface area (Å²) in [6.45, 7) is 1.96. The van der Waals surface area contributed by atoms with Crippen molar-refractivity contribution < 1.29 is 4.74 Å². The first-order valence-corrected chi connectivity index (χ1v) is 5.31. The van der Waals surface area contributed by atoms with Crippen molar-refractivity contribution in [2.45, 2.75) is 6.54 Å². The molecule has 0 spiro atoms. The van der Waals surface area contributed by atoms with Gasteiger partial charge in [0.05, 0.1) is 13.2 Å². The van der Waals surface area contributed by atoms with E-state index in [-0.39, 0.29) is 24.0 Å². The molecule has 1 heterocycles. The summed E-state index contributed by atoms with van der Waals surface area (Å²) in [5.41, 5.74) is 6.80.